The lowest BCUT2D eigenvalue weighted by atomic mass is 9.86. The normalized spacial score (nSPS) is 13.0. The number of aliphatic imine (C=N–C) groups is 1. The summed E-state index contributed by atoms with van der Waals surface area (Å²) in [6, 6.07) is 8.15. The molecule has 0 aliphatic heterocycles. The zero-order valence-electron chi connectivity index (χ0n) is 19.1. The van der Waals surface area contributed by atoms with Crippen LogP contribution in [0.5, 0.6) is 0 Å². The second-order valence-electron chi connectivity index (χ2n) is 8.44. The quantitative estimate of drug-likeness (QED) is 0.205. The maximum absolute atomic E-state index is 10.5. The fourth-order valence-electron chi connectivity index (χ4n) is 3.16. The van der Waals surface area contributed by atoms with E-state index < -0.39 is 6.10 Å². The van der Waals surface area contributed by atoms with Crippen molar-refractivity contribution < 1.29 is 9.63 Å². The maximum atomic E-state index is 10.5. The molecule has 2 aromatic rings. The van der Waals surface area contributed by atoms with Crippen LogP contribution in [0.2, 0.25) is 0 Å². The molecular weight excluding hydrogens is 491 g/mol. The number of hydrogen-bond acceptors (Lipinski definition) is 4. The van der Waals surface area contributed by atoms with Crippen molar-refractivity contribution >= 4 is 29.9 Å². The van der Waals surface area contributed by atoms with E-state index in [0.29, 0.717) is 6.54 Å². The van der Waals surface area contributed by atoms with Crippen LogP contribution < -0.4 is 10.6 Å². The van der Waals surface area contributed by atoms with E-state index >= 15 is 0 Å². The molecule has 1 atom stereocenters. The van der Waals surface area contributed by atoms with Crippen molar-refractivity contribution in [1.82, 2.24) is 15.8 Å². The summed E-state index contributed by atoms with van der Waals surface area (Å²) in [5.74, 6) is 1.61. The summed E-state index contributed by atoms with van der Waals surface area (Å²) in [5.41, 5.74) is 4.39. The van der Waals surface area contributed by atoms with Gasteiger partial charge in [0.15, 0.2) is 5.96 Å². The van der Waals surface area contributed by atoms with Gasteiger partial charge in [0.1, 0.15) is 5.76 Å². The molecule has 6 nitrogen and oxygen atoms in total. The van der Waals surface area contributed by atoms with Crippen molar-refractivity contribution in [3.05, 3.63) is 52.4 Å². The molecule has 0 saturated heterocycles. The second-order valence-corrected chi connectivity index (χ2v) is 8.44. The number of aryl methyl sites for hydroxylation is 2. The Labute approximate surface area is 197 Å². The number of aliphatic hydroxyl groups is 1. The smallest absolute Gasteiger partial charge is 0.191 e. The van der Waals surface area contributed by atoms with E-state index in [0.717, 1.165) is 48.9 Å². The summed E-state index contributed by atoms with van der Waals surface area (Å²) in [4.78, 5) is 4.54. The standard InChI is InChI=1S/C23H36N4O2.HI/c1-7-24-22(25-14-8-9-20-16(2)27-29-17(20)3)26-15-21(28)18-10-12-19(13-11-18)23(4,5)6;/h10-13,21,28H,7-9,14-15H2,1-6H3,(H2,24,25,26);1H. The molecule has 1 aromatic heterocycles. The van der Waals surface area contributed by atoms with Crippen LogP contribution in [0, 0.1) is 13.8 Å². The van der Waals surface area contributed by atoms with Gasteiger partial charge in [0.05, 0.1) is 18.3 Å². The highest BCUT2D eigenvalue weighted by molar-refractivity contribution is 14.0. The van der Waals surface area contributed by atoms with Gasteiger partial charge in [-0.3, -0.25) is 4.99 Å². The summed E-state index contributed by atoms with van der Waals surface area (Å²) >= 11 is 0. The topological polar surface area (TPSA) is 82.7 Å². The molecular formula is C23H37IN4O2. The summed E-state index contributed by atoms with van der Waals surface area (Å²) < 4.78 is 5.21. The first kappa shape index (κ1) is 26.4. The van der Waals surface area contributed by atoms with Crippen molar-refractivity contribution in [2.24, 2.45) is 4.99 Å². The van der Waals surface area contributed by atoms with Gasteiger partial charge < -0.3 is 20.3 Å². The monoisotopic (exact) mass is 528 g/mol. The molecule has 0 fully saturated rings. The first-order valence-corrected chi connectivity index (χ1v) is 10.4. The predicted molar refractivity (Wildman–Crippen MR) is 134 cm³/mol. The van der Waals surface area contributed by atoms with E-state index in [1.165, 1.54) is 11.1 Å². The van der Waals surface area contributed by atoms with Crippen LogP contribution in [-0.2, 0) is 11.8 Å². The van der Waals surface area contributed by atoms with Crippen LogP contribution >= 0.6 is 24.0 Å². The number of aromatic nitrogens is 1. The average molecular weight is 528 g/mol. The van der Waals surface area contributed by atoms with Gasteiger partial charge in [-0.25, -0.2) is 0 Å². The summed E-state index contributed by atoms with van der Waals surface area (Å²) in [6.07, 6.45) is 1.24. The van der Waals surface area contributed by atoms with Gasteiger partial charge in [-0.05, 0) is 50.2 Å². The Kier molecular flexibility index (Phi) is 10.8. The molecule has 0 spiro atoms. The first-order valence-electron chi connectivity index (χ1n) is 10.4. The van der Waals surface area contributed by atoms with E-state index in [1.54, 1.807) is 0 Å². The fraction of sp³-hybridized carbons (Fsp3) is 0.565. The molecule has 1 unspecified atom stereocenters. The Morgan fingerprint density at radius 1 is 1.17 bits per heavy atom. The zero-order chi connectivity index (χ0) is 21.4. The molecule has 3 N–H and O–H groups in total. The molecule has 0 saturated carbocycles. The number of halogens is 1. The third kappa shape index (κ3) is 7.91. The van der Waals surface area contributed by atoms with Crippen molar-refractivity contribution in [2.75, 3.05) is 19.6 Å². The summed E-state index contributed by atoms with van der Waals surface area (Å²) in [6.45, 7) is 14.4. The van der Waals surface area contributed by atoms with Gasteiger partial charge in [-0.2, -0.15) is 0 Å². The number of nitrogens with one attached hydrogen (secondary N) is 2. The Morgan fingerprint density at radius 2 is 1.83 bits per heavy atom. The molecule has 2 rings (SSSR count). The van der Waals surface area contributed by atoms with Crippen LogP contribution in [0.3, 0.4) is 0 Å². The third-order valence-corrected chi connectivity index (χ3v) is 5.01. The number of nitrogens with zero attached hydrogens (tertiary/aromatic N) is 2. The van der Waals surface area contributed by atoms with E-state index in [4.69, 9.17) is 4.52 Å². The minimum Gasteiger partial charge on any atom is -0.386 e. The number of benzene rings is 1. The molecule has 7 heteroatoms. The van der Waals surface area contributed by atoms with Gasteiger partial charge in [-0.1, -0.05) is 50.2 Å². The molecule has 168 valence electrons. The lowest BCUT2D eigenvalue weighted by Gasteiger charge is -2.20. The SMILES string of the molecule is CCNC(=NCC(O)c1ccc(C(C)(C)C)cc1)NCCCc1c(C)noc1C.I. The summed E-state index contributed by atoms with van der Waals surface area (Å²) in [7, 11) is 0. The lowest BCUT2D eigenvalue weighted by Crippen LogP contribution is -2.38. The second kappa shape index (κ2) is 12.3. The zero-order valence-corrected chi connectivity index (χ0v) is 21.4. The van der Waals surface area contributed by atoms with Gasteiger partial charge in [0.2, 0.25) is 0 Å². The van der Waals surface area contributed by atoms with E-state index in [2.05, 4.69) is 53.7 Å². The number of guanidine groups is 1. The minimum atomic E-state index is -0.623. The predicted octanol–water partition coefficient (Wildman–Crippen LogP) is 4.43. The Hall–Kier alpha value is -1.61. The maximum Gasteiger partial charge on any atom is 0.191 e. The van der Waals surface area contributed by atoms with E-state index in [-0.39, 0.29) is 29.4 Å². The van der Waals surface area contributed by atoms with Gasteiger partial charge in [-0.15, -0.1) is 24.0 Å². The highest BCUT2D eigenvalue weighted by Crippen LogP contribution is 2.24. The average Bonchev–Trinajstić information content (AvgIpc) is 3.00. The van der Waals surface area contributed by atoms with Gasteiger partial charge in [0.25, 0.3) is 0 Å². The van der Waals surface area contributed by atoms with Crippen molar-refractivity contribution in [2.45, 2.75) is 65.9 Å². The number of aliphatic hydroxyl groups excluding tert-OH is 1. The van der Waals surface area contributed by atoms with E-state index in [1.807, 2.05) is 32.9 Å². The minimum absolute atomic E-state index is 0. The summed E-state index contributed by atoms with van der Waals surface area (Å²) in [5, 5.41) is 21.1. The lowest BCUT2D eigenvalue weighted by molar-refractivity contribution is 0.187. The Balaban J connectivity index is 0.00000450. The molecule has 30 heavy (non-hydrogen) atoms. The van der Waals surface area contributed by atoms with Crippen LogP contribution in [0.15, 0.2) is 33.8 Å². The van der Waals surface area contributed by atoms with Crippen LogP contribution in [0.25, 0.3) is 0 Å². The molecule has 0 aliphatic rings. The third-order valence-electron chi connectivity index (χ3n) is 5.01. The largest absolute Gasteiger partial charge is 0.386 e. The van der Waals surface area contributed by atoms with Gasteiger partial charge in [0, 0.05) is 18.7 Å². The van der Waals surface area contributed by atoms with Crippen LogP contribution in [-0.4, -0.2) is 35.9 Å². The van der Waals surface area contributed by atoms with Gasteiger partial charge >= 0.3 is 0 Å². The van der Waals surface area contributed by atoms with Crippen molar-refractivity contribution in [1.29, 1.82) is 0 Å². The fourth-order valence-corrected chi connectivity index (χ4v) is 3.16. The van der Waals surface area contributed by atoms with Crippen molar-refractivity contribution in [3.63, 3.8) is 0 Å². The highest BCUT2D eigenvalue weighted by atomic mass is 127. The molecule has 0 radical (unpaired) electrons. The van der Waals surface area contributed by atoms with Crippen LogP contribution in [0.4, 0.5) is 0 Å². The highest BCUT2D eigenvalue weighted by Gasteiger charge is 2.14. The molecule has 1 heterocycles. The number of rotatable bonds is 8. The molecule has 0 amide bonds. The molecule has 0 aliphatic carbocycles. The van der Waals surface area contributed by atoms with E-state index in [9.17, 15) is 5.11 Å². The molecule has 0 bridgehead atoms. The van der Waals surface area contributed by atoms with Crippen LogP contribution in [0.1, 0.15) is 68.4 Å². The number of hydrogen-bond donors (Lipinski definition) is 3. The Bertz CT molecular complexity index is 775. The Morgan fingerprint density at radius 3 is 2.37 bits per heavy atom. The first-order chi connectivity index (χ1) is 13.7. The molecule has 1 aromatic carbocycles. The van der Waals surface area contributed by atoms with Crippen molar-refractivity contribution in [3.8, 4) is 0 Å².